The van der Waals surface area contributed by atoms with Gasteiger partial charge in [0.25, 0.3) is 0 Å². The average Bonchev–Trinajstić information content (AvgIpc) is 3.26. The molecule has 3 aliphatic heterocycles. The summed E-state index contributed by atoms with van der Waals surface area (Å²) in [6.45, 7) is 4.57. The van der Waals surface area contributed by atoms with E-state index in [4.69, 9.17) is 4.74 Å². The van der Waals surface area contributed by atoms with E-state index in [-0.39, 0.29) is 24.0 Å². The predicted molar refractivity (Wildman–Crippen MR) is 117 cm³/mol. The van der Waals surface area contributed by atoms with Crippen molar-refractivity contribution in [3.8, 4) is 0 Å². The molecular weight excluding hydrogens is 388 g/mol. The third kappa shape index (κ3) is 4.98. The molecule has 0 aliphatic carbocycles. The quantitative estimate of drug-likeness (QED) is 0.468. The number of nitrogens with zero attached hydrogens (tertiary/aromatic N) is 1. The molecule has 7 nitrogen and oxygen atoms in total. The van der Waals surface area contributed by atoms with Gasteiger partial charge in [-0.15, -0.1) is 0 Å². The lowest BCUT2D eigenvalue weighted by Crippen LogP contribution is -2.43. The number of benzene rings is 1. The van der Waals surface area contributed by atoms with E-state index in [0.29, 0.717) is 17.7 Å². The molecule has 4 atom stereocenters. The largest absolute Gasteiger partial charge is 0.377 e. The molecule has 3 saturated heterocycles. The molecule has 3 aliphatic rings. The lowest BCUT2D eigenvalue weighted by molar-refractivity contribution is -0.116. The Bertz CT molecular complexity index is 729. The van der Waals surface area contributed by atoms with E-state index in [1.54, 1.807) is 0 Å². The van der Waals surface area contributed by atoms with Crippen molar-refractivity contribution in [3.63, 3.8) is 0 Å². The summed E-state index contributed by atoms with van der Waals surface area (Å²) in [5, 5.41) is 9.44. The van der Waals surface area contributed by atoms with Gasteiger partial charge in [0.1, 0.15) is 0 Å². The first kappa shape index (κ1) is 20.3. The van der Waals surface area contributed by atoms with E-state index in [0.717, 1.165) is 50.5 Å². The lowest BCUT2D eigenvalue weighted by Gasteiger charge is -2.35. The molecule has 0 aromatic heterocycles. The lowest BCUT2D eigenvalue weighted by atomic mass is 10.0. The summed E-state index contributed by atoms with van der Waals surface area (Å²) < 4.78 is 5.49. The second-order valence-corrected chi connectivity index (χ2v) is 9.35. The number of carbonyl (C=O) groups is 2. The fourth-order valence-electron chi connectivity index (χ4n) is 4.34. The van der Waals surface area contributed by atoms with Crippen LogP contribution < -0.4 is 20.9 Å². The third-order valence-corrected chi connectivity index (χ3v) is 7.44. The minimum atomic E-state index is -0.0428. The molecule has 3 heterocycles. The number of fused-ring (bicyclic) bond motifs is 1. The number of hydrogen-bond acceptors (Lipinski definition) is 5. The van der Waals surface area contributed by atoms with Crippen molar-refractivity contribution in [2.24, 2.45) is 0 Å². The molecule has 4 rings (SSSR count). The average molecular weight is 419 g/mol. The first-order chi connectivity index (χ1) is 14.1. The van der Waals surface area contributed by atoms with Crippen LogP contribution in [-0.4, -0.2) is 60.8 Å². The van der Waals surface area contributed by atoms with Crippen molar-refractivity contribution in [1.29, 1.82) is 0 Å². The van der Waals surface area contributed by atoms with Gasteiger partial charge in [0.05, 0.1) is 25.3 Å². The molecule has 158 valence electrons. The number of unbranched alkanes of at least 4 members (excludes halogenated alkanes) is 1. The molecule has 0 unspecified atom stereocenters. The fraction of sp³-hybridized carbons (Fsp3) is 0.619. The highest BCUT2D eigenvalue weighted by Gasteiger charge is 2.42. The van der Waals surface area contributed by atoms with Crippen LogP contribution in [0.1, 0.15) is 32.6 Å². The number of rotatable bonds is 7. The van der Waals surface area contributed by atoms with Crippen molar-refractivity contribution in [2.45, 2.75) is 56.0 Å². The monoisotopic (exact) mass is 418 g/mol. The Hall–Kier alpha value is -1.93. The van der Waals surface area contributed by atoms with Gasteiger partial charge in [-0.2, -0.15) is 11.8 Å². The van der Waals surface area contributed by atoms with E-state index in [1.807, 2.05) is 23.9 Å². The highest BCUT2D eigenvalue weighted by molar-refractivity contribution is 8.00. The number of amides is 3. The topological polar surface area (TPSA) is 82.7 Å². The van der Waals surface area contributed by atoms with Crippen molar-refractivity contribution < 1.29 is 14.3 Å². The van der Waals surface area contributed by atoms with E-state index in [1.165, 1.54) is 5.69 Å². The molecule has 0 radical (unpaired) electrons. The van der Waals surface area contributed by atoms with E-state index in [2.05, 4.69) is 39.9 Å². The zero-order valence-corrected chi connectivity index (χ0v) is 17.7. The van der Waals surface area contributed by atoms with E-state index >= 15 is 0 Å². The molecule has 1 aromatic rings. The van der Waals surface area contributed by atoms with Crippen molar-refractivity contribution in [3.05, 3.63) is 24.3 Å². The molecule has 0 bridgehead atoms. The summed E-state index contributed by atoms with van der Waals surface area (Å²) in [6.07, 6.45) is 3.43. The Morgan fingerprint density at radius 3 is 2.90 bits per heavy atom. The maximum Gasteiger partial charge on any atom is 0.315 e. The Morgan fingerprint density at radius 1 is 1.28 bits per heavy atom. The van der Waals surface area contributed by atoms with Crippen molar-refractivity contribution in [2.75, 3.05) is 35.7 Å². The van der Waals surface area contributed by atoms with Gasteiger partial charge in [0.15, 0.2) is 0 Å². The standard InChI is InChI=1S/C21H30N4O3S/c1-14-12-28-11-10-25(14)16-8-6-15(7-9-16)22-19(26)5-3-2-4-18-20-17(13-29-18)23-21(27)24-20/h6-9,14,17-18,20H,2-5,10-13H2,1H3,(H,22,26)(H2,23,24,27)/t14-,17+,18+,20+/m1/s1. The molecule has 3 amide bonds. The van der Waals surface area contributed by atoms with Crippen LogP contribution >= 0.6 is 11.8 Å². The molecule has 8 heteroatoms. The summed E-state index contributed by atoms with van der Waals surface area (Å²) in [5.41, 5.74) is 2.01. The van der Waals surface area contributed by atoms with Crippen molar-refractivity contribution in [1.82, 2.24) is 10.6 Å². The van der Waals surface area contributed by atoms with Gasteiger partial charge in [-0.1, -0.05) is 6.42 Å². The SMILES string of the molecule is C[C@@H]1COCCN1c1ccc(NC(=O)CCCC[C@@H]2SC[C@@H]3NC(=O)N[C@@H]32)cc1. The highest BCUT2D eigenvalue weighted by atomic mass is 32.2. The number of anilines is 2. The van der Waals surface area contributed by atoms with Crippen LogP contribution in [0.15, 0.2) is 24.3 Å². The van der Waals surface area contributed by atoms with Gasteiger partial charge >= 0.3 is 6.03 Å². The van der Waals surface area contributed by atoms with Crippen LogP contribution in [0.3, 0.4) is 0 Å². The molecule has 0 saturated carbocycles. The van der Waals surface area contributed by atoms with Crippen LogP contribution in [0.2, 0.25) is 0 Å². The molecular formula is C21H30N4O3S. The van der Waals surface area contributed by atoms with Crippen LogP contribution in [0.25, 0.3) is 0 Å². The third-order valence-electron chi connectivity index (χ3n) is 5.93. The molecule has 3 N–H and O–H groups in total. The number of morpholine rings is 1. The van der Waals surface area contributed by atoms with Crippen LogP contribution in [0.5, 0.6) is 0 Å². The maximum absolute atomic E-state index is 12.3. The van der Waals surface area contributed by atoms with E-state index < -0.39 is 0 Å². The summed E-state index contributed by atoms with van der Waals surface area (Å²) >= 11 is 1.92. The minimum absolute atomic E-state index is 0.0428. The molecule has 0 spiro atoms. The van der Waals surface area contributed by atoms with Crippen LogP contribution in [0.4, 0.5) is 16.2 Å². The maximum atomic E-state index is 12.3. The molecule has 1 aromatic carbocycles. The normalized spacial score (nSPS) is 28.6. The van der Waals surface area contributed by atoms with Gasteiger partial charge in [0, 0.05) is 41.4 Å². The van der Waals surface area contributed by atoms with Gasteiger partial charge < -0.3 is 25.6 Å². The smallest absolute Gasteiger partial charge is 0.315 e. The van der Waals surface area contributed by atoms with Crippen LogP contribution in [-0.2, 0) is 9.53 Å². The number of carbonyl (C=O) groups excluding carboxylic acids is 2. The Kier molecular flexibility index (Phi) is 6.50. The Balaban J connectivity index is 1.17. The second-order valence-electron chi connectivity index (χ2n) is 8.08. The molecule has 29 heavy (non-hydrogen) atoms. The Labute approximate surface area is 176 Å². The Morgan fingerprint density at radius 2 is 2.10 bits per heavy atom. The number of nitrogens with one attached hydrogen (secondary N) is 3. The number of ether oxygens (including phenoxy) is 1. The molecule has 3 fully saturated rings. The number of urea groups is 1. The fourth-order valence-corrected chi connectivity index (χ4v) is 5.89. The first-order valence-electron chi connectivity index (χ1n) is 10.5. The number of hydrogen-bond donors (Lipinski definition) is 3. The summed E-state index contributed by atoms with van der Waals surface area (Å²) in [7, 11) is 0. The van der Waals surface area contributed by atoms with E-state index in [9.17, 15) is 9.59 Å². The summed E-state index contributed by atoms with van der Waals surface area (Å²) in [4.78, 5) is 26.0. The highest BCUT2D eigenvalue weighted by Crippen LogP contribution is 2.33. The predicted octanol–water partition coefficient (Wildman–Crippen LogP) is 2.58. The minimum Gasteiger partial charge on any atom is -0.377 e. The summed E-state index contributed by atoms with van der Waals surface area (Å²) in [5.74, 6) is 1.04. The van der Waals surface area contributed by atoms with Crippen molar-refractivity contribution >= 4 is 35.1 Å². The van der Waals surface area contributed by atoms with Gasteiger partial charge in [0.2, 0.25) is 5.91 Å². The van der Waals surface area contributed by atoms with Crippen LogP contribution in [0, 0.1) is 0 Å². The summed E-state index contributed by atoms with van der Waals surface area (Å²) in [6, 6.07) is 8.91. The van der Waals surface area contributed by atoms with Gasteiger partial charge in [-0.05, 0) is 44.0 Å². The van der Waals surface area contributed by atoms with Gasteiger partial charge in [-0.3, -0.25) is 4.79 Å². The zero-order valence-electron chi connectivity index (χ0n) is 16.9. The second kappa shape index (κ2) is 9.26. The first-order valence-corrected chi connectivity index (χ1v) is 11.6. The zero-order chi connectivity index (χ0) is 20.2. The van der Waals surface area contributed by atoms with Gasteiger partial charge in [-0.25, -0.2) is 4.79 Å². The number of thioether (sulfide) groups is 1.